The molecule has 0 saturated carbocycles. The van der Waals surface area contributed by atoms with Gasteiger partial charge in [0.1, 0.15) is 17.4 Å². The Hall–Kier alpha value is -3.00. The first-order chi connectivity index (χ1) is 13.6. The van der Waals surface area contributed by atoms with Gasteiger partial charge in [0.25, 0.3) is 0 Å². The van der Waals surface area contributed by atoms with Gasteiger partial charge in [0.05, 0.1) is 18.1 Å². The van der Waals surface area contributed by atoms with Gasteiger partial charge in [-0.3, -0.25) is 4.98 Å². The minimum absolute atomic E-state index is 0.0751. The number of aromatic nitrogens is 3. The number of carbonyl (C=O) groups excluding carboxylic acids is 1. The molecule has 1 fully saturated rings. The molecule has 1 aromatic carbocycles. The predicted octanol–water partition coefficient (Wildman–Crippen LogP) is 3.21. The van der Waals surface area contributed by atoms with Crippen molar-refractivity contribution in [2.75, 3.05) is 6.54 Å². The zero-order chi connectivity index (χ0) is 19.5. The van der Waals surface area contributed by atoms with Crippen LogP contribution < -0.4 is 15.4 Å². The molecule has 144 valence electrons. The molecular weight excluding hydrogens is 374 g/mol. The van der Waals surface area contributed by atoms with Gasteiger partial charge in [-0.2, -0.15) is 0 Å². The number of rotatable bonds is 6. The third-order valence-corrected chi connectivity index (χ3v) is 5.47. The van der Waals surface area contributed by atoms with Crippen LogP contribution in [-0.2, 0) is 13.7 Å². The number of hydrogen-bond acceptors (Lipinski definition) is 5. The Labute approximate surface area is 167 Å². The number of ether oxygens (including phenoxy) is 1. The molecule has 28 heavy (non-hydrogen) atoms. The minimum Gasteiger partial charge on any atom is -0.489 e. The fraction of sp³-hybridized carbons (Fsp3) is 0.250. The number of nitrogens with one attached hydrogen (secondary N) is 2. The second-order valence-corrected chi connectivity index (χ2v) is 7.68. The Morgan fingerprint density at radius 2 is 2.07 bits per heavy atom. The number of urea groups is 1. The Bertz CT molecular complexity index is 987. The molecule has 7 nitrogen and oxygen atoms in total. The van der Waals surface area contributed by atoms with Crippen molar-refractivity contribution in [3.05, 3.63) is 65.9 Å². The third-order valence-electron chi connectivity index (χ3n) is 4.45. The van der Waals surface area contributed by atoms with Crippen molar-refractivity contribution in [2.24, 2.45) is 7.05 Å². The van der Waals surface area contributed by atoms with E-state index in [0.717, 1.165) is 32.6 Å². The lowest BCUT2D eigenvalue weighted by atomic mass is 10.2. The molecule has 2 N–H and O–H groups in total. The van der Waals surface area contributed by atoms with E-state index in [2.05, 4.69) is 20.6 Å². The van der Waals surface area contributed by atoms with Crippen LogP contribution in [-0.4, -0.2) is 27.1 Å². The van der Waals surface area contributed by atoms with Gasteiger partial charge in [0.15, 0.2) is 0 Å². The lowest BCUT2D eigenvalue weighted by Crippen LogP contribution is -2.22. The number of amides is 2. The highest BCUT2D eigenvalue weighted by Gasteiger charge is 2.27. The minimum atomic E-state index is -0.145. The first-order valence-corrected chi connectivity index (χ1v) is 9.78. The highest BCUT2D eigenvalue weighted by molar-refractivity contribution is 7.99. The van der Waals surface area contributed by atoms with Gasteiger partial charge in [-0.1, -0.05) is 11.8 Å². The molecule has 2 aromatic heterocycles. The fourth-order valence-electron chi connectivity index (χ4n) is 3.09. The summed E-state index contributed by atoms with van der Waals surface area (Å²) in [7, 11) is 1.94. The van der Waals surface area contributed by atoms with Gasteiger partial charge in [-0.25, -0.2) is 9.78 Å². The van der Waals surface area contributed by atoms with Crippen molar-refractivity contribution in [3.63, 3.8) is 0 Å². The molecule has 3 aromatic rings. The largest absolute Gasteiger partial charge is 0.489 e. The topological polar surface area (TPSA) is 81.1 Å². The van der Waals surface area contributed by atoms with E-state index in [0.29, 0.717) is 13.2 Å². The molecule has 4 rings (SSSR count). The summed E-state index contributed by atoms with van der Waals surface area (Å²) in [6.07, 6.45) is 3.57. The Balaban J connectivity index is 1.42. The van der Waals surface area contributed by atoms with Gasteiger partial charge in [-0.05, 0) is 48.9 Å². The molecule has 1 saturated heterocycles. The first-order valence-electron chi connectivity index (χ1n) is 8.96. The summed E-state index contributed by atoms with van der Waals surface area (Å²) in [5, 5.41) is 6.60. The lowest BCUT2D eigenvalue weighted by molar-refractivity contribution is 0.247. The molecule has 3 heterocycles. The van der Waals surface area contributed by atoms with Gasteiger partial charge >= 0.3 is 6.03 Å². The standard InChI is InChI=1S/C20H21N5O2S/c1-13-9-14(7-8-21-13)11-27-15-3-5-16(6-4-15)28-19-18(25(2)12-23-19)17-10-22-20(26)24-17/h3-9,12,17H,10-11H2,1-2H3,(H2,22,24,26). The maximum atomic E-state index is 11.5. The summed E-state index contributed by atoms with van der Waals surface area (Å²) >= 11 is 1.57. The van der Waals surface area contributed by atoms with Gasteiger partial charge in [0.2, 0.25) is 0 Å². The van der Waals surface area contributed by atoms with Gasteiger partial charge < -0.3 is 19.9 Å². The number of imidazole rings is 1. The number of benzene rings is 1. The van der Waals surface area contributed by atoms with Crippen molar-refractivity contribution < 1.29 is 9.53 Å². The SMILES string of the molecule is Cc1cc(COc2ccc(Sc3ncn(C)c3C3CNC(=O)N3)cc2)ccn1. The first kappa shape index (κ1) is 18.4. The summed E-state index contributed by atoms with van der Waals surface area (Å²) < 4.78 is 7.81. The van der Waals surface area contributed by atoms with E-state index in [9.17, 15) is 4.79 Å². The number of nitrogens with zero attached hydrogens (tertiary/aromatic N) is 3. The molecule has 1 aliphatic rings. The summed E-state index contributed by atoms with van der Waals surface area (Å²) in [6, 6.07) is 11.7. The van der Waals surface area contributed by atoms with E-state index in [1.807, 2.05) is 54.9 Å². The zero-order valence-corrected chi connectivity index (χ0v) is 16.5. The van der Waals surface area contributed by atoms with Crippen LogP contribution in [0.2, 0.25) is 0 Å². The number of pyridine rings is 1. The molecule has 0 bridgehead atoms. The maximum Gasteiger partial charge on any atom is 0.315 e. The Morgan fingerprint density at radius 1 is 1.25 bits per heavy atom. The highest BCUT2D eigenvalue weighted by atomic mass is 32.2. The average Bonchev–Trinajstić information content (AvgIpc) is 3.26. The second kappa shape index (κ2) is 7.93. The molecule has 1 atom stereocenters. The van der Waals surface area contributed by atoms with Crippen molar-refractivity contribution >= 4 is 17.8 Å². The number of aryl methyl sites for hydroxylation is 2. The summed E-state index contributed by atoms with van der Waals surface area (Å²) in [4.78, 5) is 21.2. The maximum absolute atomic E-state index is 11.5. The quantitative estimate of drug-likeness (QED) is 0.670. The van der Waals surface area contributed by atoms with E-state index < -0.39 is 0 Å². The van der Waals surface area contributed by atoms with Crippen LogP contribution in [0.4, 0.5) is 4.79 Å². The summed E-state index contributed by atoms with van der Waals surface area (Å²) in [6.45, 7) is 3.04. The van der Waals surface area contributed by atoms with Crippen LogP contribution in [0, 0.1) is 6.92 Å². The number of carbonyl (C=O) groups is 1. The summed E-state index contributed by atoms with van der Waals surface area (Å²) in [5.41, 5.74) is 3.07. The van der Waals surface area contributed by atoms with E-state index in [4.69, 9.17) is 4.74 Å². The molecule has 1 aliphatic heterocycles. The van der Waals surface area contributed by atoms with Crippen molar-refractivity contribution in [2.45, 2.75) is 29.5 Å². The van der Waals surface area contributed by atoms with Crippen LogP contribution in [0.25, 0.3) is 0 Å². The van der Waals surface area contributed by atoms with Crippen LogP contribution in [0.5, 0.6) is 5.75 Å². The highest BCUT2D eigenvalue weighted by Crippen LogP contribution is 2.33. The molecule has 1 unspecified atom stereocenters. The molecule has 8 heteroatoms. The van der Waals surface area contributed by atoms with Crippen molar-refractivity contribution in [3.8, 4) is 5.75 Å². The molecule has 0 radical (unpaired) electrons. The van der Waals surface area contributed by atoms with Gasteiger partial charge in [0, 0.05) is 30.4 Å². The Kier molecular flexibility index (Phi) is 5.21. The van der Waals surface area contributed by atoms with Crippen LogP contribution in [0.15, 0.2) is 58.8 Å². The molecule has 0 spiro atoms. The van der Waals surface area contributed by atoms with E-state index in [1.165, 1.54) is 0 Å². The molecule has 2 amide bonds. The van der Waals surface area contributed by atoms with Gasteiger partial charge in [-0.15, -0.1) is 0 Å². The average molecular weight is 395 g/mol. The molecule has 0 aliphatic carbocycles. The summed E-state index contributed by atoms with van der Waals surface area (Å²) in [5.74, 6) is 0.812. The van der Waals surface area contributed by atoms with Crippen molar-refractivity contribution in [1.82, 2.24) is 25.2 Å². The molecular formula is C20H21N5O2S. The normalized spacial score (nSPS) is 15.9. The van der Waals surface area contributed by atoms with E-state index >= 15 is 0 Å². The third kappa shape index (κ3) is 4.12. The monoisotopic (exact) mass is 395 g/mol. The lowest BCUT2D eigenvalue weighted by Gasteiger charge is -2.12. The van der Waals surface area contributed by atoms with Crippen LogP contribution >= 0.6 is 11.8 Å². The van der Waals surface area contributed by atoms with E-state index in [-0.39, 0.29) is 12.1 Å². The smallest absolute Gasteiger partial charge is 0.315 e. The van der Waals surface area contributed by atoms with Crippen LogP contribution in [0.3, 0.4) is 0 Å². The number of hydrogen-bond donors (Lipinski definition) is 2. The van der Waals surface area contributed by atoms with Crippen LogP contribution in [0.1, 0.15) is 23.0 Å². The van der Waals surface area contributed by atoms with Crippen molar-refractivity contribution in [1.29, 1.82) is 0 Å². The van der Waals surface area contributed by atoms with E-state index in [1.54, 1.807) is 24.3 Å². The second-order valence-electron chi connectivity index (χ2n) is 6.62. The predicted molar refractivity (Wildman–Crippen MR) is 106 cm³/mol. The fourth-order valence-corrected chi connectivity index (χ4v) is 4.07. The zero-order valence-electron chi connectivity index (χ0n) is 15.7. The Morgan fingerprint density at radius 3 is 2.79 bits per heavy atom.